The lowest BCUT2D eigenvalue weighted by molar-refractivity contribution is 0.227. The van der Waals surface area contributed by atoms with Gasteiger partial charge in [0.2, 0.25) is 0 Å². The van der Waals surface area contributed by atoms with Gasteiger partial charge in [0, 0.05) is 23.7 Å². The highest BCUT2D eigenvalue weighted by molar-refractivity contribution is 5.29. The molecule has 3 unspecified atom stereocenters. The van der Waals surface area contributed by atoms with Gasteiger partial charge in [-0.05, 0) is 44.1 Å². The first-order chi connectivity index (χ1) is 8.95. The molecule has 19 heavy (non-hydrogen) atoms. The molecule has 1 aliphatic carbocycles. The van der Waals surface area contributed by atoms with Gasteiger partial charge in [0.15, 0.2) is 0 Å². The summed E-state index contributed by atoms with van der Waals surface area (Å²) in [6.45, 7) is 6.56. The predicted octanol–water partition coefficient (Wildman–Crippen LogP) is 4.01. The number of benzene rings is 1. The summed E-state index contributed by atoms with van der Waals surface area (Å²) < 4.78 is 13.8. The zero-order chi connectivity index (χ0) is 14.0. The maximum Gasteiger partial charge on any atom is 0.131 e. The van der Waals surface area contributed by atoms with Gasteiger partial charge in [-0.15, -0.1) is 0 Å². The molecule has 0 aromatic heterocycles. The summed E-state index contributed by atoms with van der Waals surface area (Å²) in [5.74, 6) is 1.11. The first-order valence-corrected chi connectivity index (χ1v) is 7.20. The zero-order valence-corrected chi connectivity index (χ0v) is 12.0. The van der Waals surface area contributed by atoms with Crippen molar-refractivity contribution in [2.24, 2.45) is 11.8 Å². The van der Waals surface area contributed by atoms with Crippen LogP contribution in [-0.4, -0.2) is 11.1 Å². The van der Waals surface area contributed by atoms with Crippen molar-refractivity contribution in [1.82, 2.24) is 5.32 Å². The van der Waals surface area contributed by atoms with Crippen molar-refractivity contribution in [3.05, 3.63) is 29.6 Å². The van der Waals surface area contributed by atoms with E-state index < -0.39 is 0 Å². The van der Waals surface area contributed by atoms with E-state index in [-0.39, 0.29) is 17.6 Å². The van der Waals surface area contributed by atoms with Crippen LogP contribution in [0.5, 0.6) is 5.75 Å². The highest BCUT2D eigenvalue weighted by atomic mass is 19.1. The SMILES string of the molecule is CC1CC(C)CC(NC(C)c2ccc(O)cc2F)C1. The van der Waals surface area contributed by atoms with E-state index in [0.717, 1.165) is 24.7 Å². The normalized spacial score (nSPS) is 29.2. The number of hydrogen-bond acceptors (Lipinski definition) is 2. The van der Waals surface area contributed by atoms with Crippen LogP contribution in [0.2, 0.25) is 0 Å². The minimum atomic E-state index is -0.336. The molecule has 3 heteroatoms. The molecule has 2 rings (SSSR count). The standard InChI is InChI=1S/C16H24FNO/c1-10-6-11(2)8-13(7-10)18-12(3)15-5-4-14(19)9-16(15)17/h4-5,9-13,18-19H,6-8H2,1-3H3. The Hall–Kier alpha value is -1.09. The van der Waals surface area contributed by atoms with E-state index in [0.29, 0.717) is 11.6 Å². The molecule has 1 aromatic carbocycles. The molecule has 1 fully saturated rings. The minimum Gasteiger partial charge on any atom is -0.508 e. The summed E-state index contributed by atoms with van der Waals surface area (Å²) in [6.07, 6.45) is 3.61. The maximum atomic E-state index is 13.8. The van der Waals surface area contributed by atoms with Gasteiger partial charge in [-0.25, -0.2) is 4.39 Å². The maximum absolute atomic E-state index is 13.8. The average molecular weight is 265 g/mol. The molecule has 0 saturated heterocycles. The number of hydrogen-bond donors (Lipinski definition) is 2. The molecule has 0 amide bonds. The lowest BCUT2D eigenvalue weighted by atomic mass is 9.80. The third kappa shape index (κ3) is 3.69. The van der Waals surface area contributed by atoms with Crippen LogP contribution < -0.4 is 5.32 Å². The van der Waals surface area contributed by atoms with E-state index in [1.54, 1.807) is 12.1 Å². The number of phenolic OH excluding ortho intramolecular Hbond substituents is 1. The van der Waals surface area contributed by atoms with E-state index in [1.807, 2.05) is 6.92 Å². The topological polar surface area (TPSA) is 32.3 Å². The fraction of sp³-hybridized carbons (Fsp3) is 0.625. The number of phenols is 1. The van der Waals surface area contributed by atoms with E-state index in [1.165, 1.54) is 12.5 Å². The number of aromatic hydroxyl groups is 1. The summed E-state index contributed by atoms with van der Waals surface area (Å²) in [5, 5.41) is 12.8. The summed E-state index contributed by atoms with van der Waals surface area (Å²) >= 11 is 0. The average Bonchev–Trinajstić information content (AvgIpc) is 2.26. The van der Waals surface area contributed by atoms with Gasteiger partial charge in [-0.3, -0.25) is 0 Å². The van der Waals surface area contributed by atoms with Gasteiger partial charge in [0.05, 0.1) is 0 Å². The van der Waals surface area contributed by atoms with E-state index in [9.17, 15) is 9.50 Å². The third-order valence-electron chi connectivity index (χ3n) is 4.11. The zero-order valence-electron chi connectivity index (χ0n) is 12.0. The van der Waals surface area contributed by atoms with Crippen molar-refractivity contribution in [3.8, 4) is 5.75 Å². The van der Waals surface area contributed by atoms with E-state index in [4.69, 9.17) is 0 Å². The molecular weight excluding hydrogens is 241 g/mol. The Kier molecular flexibility index (Phi) is 4.46. The summed E-state index contributed by atoms with van der Waals surface area (Å²) in [6, 6.07) is 4.82. The molecule has 1 aromatic rings. The van der Waals surface area contributed by atoms with Crippen LogP contribution in [0, 0.1) is 17.7 Å². The molecule has 106 valence electrons. The second-order valence-corrected chi connectivity index (χ2v) is 6.21. The Morgan fingerprint density at radius 1 is 1.21 bits per heavy atom. The Labute approximate surface area is 115 Å². The Morgan fingerprint density at radius 3 is 2.42 bits per heavy atom. The van der Waals surface area contributed by atoms with Crippen molar-refractivity contribution in [3.63, 3.8) is 0 Å². The lowest BCUT2D eigenvalue weighted by Crippen LogP contribution is -2.38. The van der Waals surface area contributed by atoms with Crippen LogP contribution in [0.3, 0.4) is 0 Å². The molecule has 3 atom stereocenters. The number of halogens is 1. The minimum absolute atomic E-state index is 0.0200. The summed E-state index contributed by atoms with van der Waals surface area (Å²) in [5.41, 5.74) is 0.628. The van der Waals surface area contributed by atoms with Gasteiger partial charge in [0.25, 0.3) is 0 Å². The van der Waals surface area contributed by atoms with E-state index >= 15 is 0 Å². The number of nitrogens with one attached hydrogen (secondary N) is 1. The highest BCUT2D eigenvalue weighted by Crippen LogP contribution is 2.30. The fourth-order valence-corrected chi connectivity index (χ4v) is 3.39. The first kappa shape index (κ1) is 14.3. The molecular formula is C16H24FNO. The smallest absolute Gasteiger partial charge is 0.131 e. The molecule has 0 radical (unpaired) electrons. The van der Waals surface area contributed by atoms with E-state index in [2.05, 4.69) is 19.2 Å². The van der Waals surface area contributed by atoms with Gasteiger partial charge >= 0.3 is 0 Å². The van der Waals surface area contributed by atoms with Crippen molar-refractivity contribution >= 4 is 0 Å². The third-order valence-corrected chi connectivity index (χ3v) is 4.11. The Morgan fingerprint density at radius 2 is 1.84 bits per heavy atom. The molecule has 2 nitrogen and oxygen atoms in total. The molecule has 0 heterocycles. The molecule has 1 aliphatic rings. The quantitative estimate of drug-likeness (QED) is 0.865. The Bertz CT molecular complexity index is 425. The van der Waals surface area contributed by atoms with Crippen LogP contribution in [-0.2, 0) is 0 Å². The molecule has 0 spiro atoms. The van der Waals surface area contributed by atoms with Crippen molar-refractivity contribution in [2.75, 3.05) is 0 Å². The highest BCUT2D eigenvalue weighted by Gasteiger charge is 2.25. The second kappa shape index (κ2) is 5.91. The van der Waals surface area contributed by atoms with Gasteiger partial charge in [0.1, 0.15) is 11.6 Å². The molecule has 0 bridgehead atoms. The van der Waals surface area contributed by atoms with Crippen LogP contribution in [0.15, 0.2) is 18.2 Å². The van der Waals surface area contributed by atoms with Crippen LogP contribution in [0.1, 0.15) is 51.6 Å². The monoisotopic (exact) mass is 265 g/mol. The van der Waals surface area contributed by atoms with Crippen LogP contribution >= 0.6 is 0 Å². The lowest BCUT2D eigenvalue weighted by Gasteiger charge is -2.34. The van der Waals surface area contributed by atoms with Gasteiger partial charge in [-0.2, -0.15) is 0 Å². The fourth-order valence-electron chi connectivity index (χ4n) is 3.39. The summed E-state index contributed by atoms with van der Waals surface area (Å²) in [7, 11) is 0. The summed E-state index contributed by atoms with van der Waals surface area (Å²) in [4.78, 5) is 0. The van der Waals surface area contributed by atoms with Gasteiger partial charge < -0.3 is 10.4 Å². The van der Waals surface area contributed by atoms with Crippen molar-refractivity contribution in [1.29, 1.82) is 0 Å². The largest absolute Gasteiger partial charge is 0.508 e. The van der Waals surface area contributed by atoms with Crippen LogP contribution in [0.4, 0.5) is 4.39 Å². The molecule has 2 N–H and O–H groups in total. The van der Waals surface area contributed by atoms with Crippen molar-refractivity contribution < 1.29 is 9.50 Å². The van der Waals surface area contributed by atoms with Gasteiger partial charge in [-0.1, -0.05) is 19.9 Å². The molecule has 1 saturated carbocycles. The van der Waals surface area contributed by atoms with Crippen LogP contribution in [0.25, 0.3) is 0 Å². The predicted molar refractivity (Wildman–Crippen MR) is 75.6 cm³/mol. The second-order valence-electron chi connectivity index (χ2n) is 6.21. The first-order valence-electron chi connectivity index (χ1n) is 7.20. The van der Waals surface area contributed by atoms with Crippen molar-refractivity contribution in [2.45, 2.75) is 52.1 Å². The molecule has 0 aliphatic heterocycles. The number of rotatable bonds is 3. The Balaban J connectivity index is 2.02.